The number of nitrogens with zero attached hydrogens (tertiary/aromatic N) is 2. The Balaban J connectivity index is 1.83. The molecule has 0 saturated carbocycles. The van der Waals surface area contributed by atoms with E-state index in [0.29, 0.717) is 0 Å². The number of hydrogen-bond acceptors (Lipinski definition) is 2. The van der Waals surface area contributed by atoms with Crippen LogP contribution in [0.1, 0.15) is 17.5 Å². The largest absolute Gasteiger partial charge is 0.397 e. The predicted molar refractivity (Wildman–Crippen MR) is 78.7 cm³/mol. The summed E-state index contributed by atoms with van der Waals surface area (Å²) >= 11 is 0. The Bertz CT molecular complexity index is 562. The maximum Gasteiger partial charge on any atom is 0.397 e. The molecule has 126 valence electrons. The Morgan fingerprint density at radius 2 is 1.43 bits per heavy atom. The van der Waals surface area contributed by atoms with Gasteiger partial charge in [0.2, 0.25) is 11.8 Å². The number of hydrogen-bond donors (Lipinski definition) is 0. The molecule has 1 aromatic carbocycles. The monoisotopic (exact) mass is 328 g/mol. The summed E-state index contributed by atoms with van der Waals surface area (Å²) in [5.74, 6) is -1.00. The smallest absolute Gasteiger partial charge is 0.339 e. The van der Waals surface area contributed by atoms with Crippen LogP contribution in [0, 0.1) is 6.92 Å². The SMILES string of the molecule is Cc1ccc(CC(=O)N2CCN(C(=O)CC(F)(F)F)CC2)cc1. The minimum Gasteiger partial charge on any atom is -0.339 e. The average Bonchev–Trinajstić information content (AvgIpc) is 2.48. The summed E-state index contributed by atoms with van der Waals surface area (Å²) in [6.45, 7) is 2.80. The third-order valence-electron chi connectivity index (χ3n) is 3.81. The van der Waals surface area contributed by atoms with Crippen molar-refractivity contribution in [3.63, 3.8) is 0 Å². The molecule has 0 bridgehead atoms. The number of piperazine rings is 1. The van der Waals surface area contributed by atoms with Crippen LogP contribution in [-0.2, 0) is 16.0 Å². The van der Waals surface area contributed by atoms with Gasteiger partial charge in [0.15, 0.2) is 0 Å². The second-order valence-electron chi connectivity index (χ2n) is 5.72. The second kappa shape index (κ2) is 7.02. The summed E-state index contributed by atoms with van der Waals surface area (Å²) < 4.78 is 36.7. The zero-order valence-corrected chi connectivity index (χ0v) is 12.9. The fraction of sp³-hybridized carbons (Fsp3) is 0.500. The first-order chi connectivity index (χ1) is 10.7. The molecule has 0 unspecified atom stereocenters. The van der Waals surface area contributed by atoms with Gasteiger partial charge < -0.3 is 9.80 Å². The van der Waals surface area contributed by atoms with Gasteiger partial charge in [-0.25, -0.2) is 0 Å². The number of aryl methyl sites for hydroxylation is 1. The van der Waals surface area contributed by atoms with Gasteiger partial charge >= 0.3 is 6.18 Å². The van der Waals surface area contributed by atoms with Crippen molar-refractivity contribution in [1.29, 1.82) is 0 Å². The molecule has 0 aliphatic carbocycles. The fourth-order valence-corrected chi connectivity index (χ4v) is 2.48. The van der Waals surface area contributed by atoms with E-state index in [9.17, 15) is 22.8 Å². The number of carbonyl (C=O) groups is 2. The minimum atomic E-state index is -4.49. The highest BCUT2D eigenvalue weighted by Gasteiger charge is 2.34. The molecule has 4 nitrogen and oxygen atoms in total. The Labute approximate surface area is 132 Å². The van der Waals surface area contributed by atoms with Gasteiger partial charge in [-0.15, -0.1) is 0 Å². The highest BCUT2D eigenvalue weighted by Crippen LogP contribution is 2.21. The summed E-state index contributed by atoms with van der Waals surface area (Å²) in [7, 11) is 0. The zero-order valence-electron chi connectivity index (χ0n) is 12.9. The lowest BCUT2D eigenvalue weighted by Gasteiger charge is -2.35. The minimum absolute atomic E-state index is 0.0724. The molecular weight excluding hydrogens is 309 g/mol. The third kappa shape index (κ3) is 5.26. The van der Waals surface area contributed by atoms with Gasteiger partial charge in [-0.2, -0.15) is 13.2 Å². The lowest BCUT2D eigenvalue weighted by atomic mass is 10.1. The van der Waals surface area contributed by atoms with E-state index in [4.69, 9.17) is 0 Å². The van der Waals surface area contributed by atoms with Gasteiger partial charge in [0.05, 0.1) is 6.42 Å². The molecule has 1 aromatic rings. The van der Waals surface area contributed by atoms with Crippen LogP contribution >= 0.6 is 0 Å². The number of rotatable bonds is 3. The highest BCUT2D eigenvalue weighted by atomic mass is 19.4. The van der Waals surface area contributed by atoms with Gasteiger partial charge in [-0.3, -0.25) is 9.59 Å². The summed E-state index contributed by atoms with van der Waals surface area (Å²) in [4.78, 5) is 26.5. The van der Waals surface area contributed by atoms with Crippen LogP contribution in [0.25, 0.3) is 0 Å². The van der Waals surface area contributed by atoms with Crippen molar-refractivity contribution in [3.8, 4) is 0 Å². The van der Waals surface area contributed by atoms with Gasteiger partial charge in [0.1, 0.15) is 6.42 Å². The van der Waals surface area contributed by atoms with E-state index in [1.165, 1.54) is 4.90 Å². The average molecular weight is 328 g/mol. The summed E-state index contributed by atoms with van der Waals surface area (Å²) in [6, 6.07) is 7.62. The predicted octanol–water partition coefficient (Wildman–Crippen LogP) is 2.16. The van der Waals surface area contributed by atoms with Crippen LogP contribution in [-0.4, -0.2) is 54.0 Å². The van der Waals surface area contributed by atoms with Crippen LogP contribution in [0.4, 0.5) is 13.2 Å². The van der Waals surface area contributed by atoms with E-state index < -0.39 is 18.5 Å². The van der Waals surface area contributed by atoms with E-state index in [1.807, 2.05) is 31.2 Å². The molecule has 1 aliphatic heterocycles. The number of benzene rings is 1. The maximum absolute atomic E-state index is 12.2. The van der Waals surface area contributed by atoms with E-state index >= 15 is 0 Å². The first-order valence-corrected chi connectivity index (χ1v) is 7.42. The van der Waals surface area contributed by atoms with Crippen molar-refractivity contribution in [2.24, 2.45) is 0 Å². The van der Waals surface area contributed by atoms with E-state index in [-0.39, 0.29) is 38.5 Å². The quantitative estimate of drug-likeness (QED) is 0.853. The number of alkyl halides is 3. The molecule has 23 heavy (non-hydrogen) atoms. The van der Waals surface area contributed by atoms with Crippen LogP contribution in [0.3, 0.4) is 0 Å². The van der Waals surface area contributed by atoms with Gasteiger partial charge in [0.25, 0.3) is 0 Å². The van der Waals surface area contributed by atoms with Crippen molar-refractivity contribution >= 4 is 11.8 Å². The van der Waals surface area contributed by atoms with Crippen LogP contribution in [0.5, 0.6) is 0 Å². The molecule has 1 saturated heterocycles. The lowest BCUT2D eigenvalue weighted by Crippen LogP contribution is -2.51. The molecule has 0 aromatic heterocycles. The first-order valence-electron chi connectivity index (χ1n) is 7.42. The number of halogens is 3. The molecule has 7 heteroatoms. The van der Waals surface area contributed by atoms with Crippen molar-refractivity contribution in [2.75, 3.05) is 26.2 Å². The third-order valence-corrected chi connectivity index (χ3v) is 3.81. The van der Waals surface area contributed by atoms with E-state index in [0.717, 1.165) is 11.1 Å². The summed E-state index contributed by atoms with van der Waals surface area (Å²) in [5, 5.41) is 0. The van der Waals surface area contributed by atoms with E-state index in [2.05, 4.69) is 0 Å². The Kier molecular flexibility index (Phi) is 5.28. The topological polar surface area (TPSA) is 40.6 Å². The molecule has 2 rings (SSSR count). The summed E-state index contributed by atoms with van der Waals surface area (Å²) in [6.07, 6.45) is -5.67. The second-order valence-corrected chi connectivity index (χ2v) is 5.72. The Morgan fingerprint density at radius 3 is 1.91 bits per heavy atom. The number of amides is 2. The highest BCUT2D eigenvalue weighted by molar-refractivity contribution is 5.80. The van der Waals surface area contributed by atoms with Crippen LogP contribution in [0.2, 0.25) is 0 Å². The van der Waals surface area contributed by atoms with Gasteiger partial charge in [-0.1, -0.05) is 29.8 Å². The van der Waals surface area contributed by atoms with Crippen LogP contribution in [0.15, 0.2) is 24.3 Å². The Hall–Kier alpha value is -2.05. The van der Waals surface area contributed by atoms with Crippen molar-refractivity contribution in [1.82, 2.24) is 9.80 Å². The molecule has 2 amide bonds. The Morgan fingerprint density at radius 1 is 0.957 bits per heavy atom. The molecule has 0 N–H and O–H groups in total. The van der Waals surface area contributed by atoms with Crippen molar-refractivity contribution < 1.29 is 22.8 Å². The van der Waals surface area contributed by atoms with Gasteiger partial charge in [0, 0.05) is 26.2 Å². The molecule has 1 fully saturated rings. The molecule has 1 heterocycles. The molecule has 0 atom stereocenters. The molecule has 0 spiro atoms. The fourth-order valence-electron chi connectivity index (χ4n) is 2.48. The summed E-state index contributed by atoms with van der Waals surface area (Å²) in [5.41, 5.74) is 2.01. The van der Waals surface area contributed by atoms with Crippen LogP contribution < -0.4 is 0 Å². The van der Waals surface area contributed by atoms with Crippen molar-refractivity contribution in [3.05, 3.63) is 35.4 Å². The number of carbonyl (C=O) groups excluding carboxylic acids is 2. The maximum atomic E-state index is 12.2. The van der Waals surface area contributed by atoms with Crippen molar-refractivity contribution in [2.45, 2.75) is 25.9 Å². The first kappa shape index (κ1) is 17.3. The normalized spacial score (nSPS) is 15.7. The lowest BCUT2D eigenvalue weighted by molar-refractivity contribution is -0.163. The standard InChI is InChI=1S/C16H19F3N2O2/c1-12-2-4-13(5-3-12)10-14(22)20-6-8-21(9-7-20)15(23)11-16(17,18)19/h2-5H,6-11H2,1H3. The van der Waals surface area contributed by atoms with E-state index in [1.54, 1.807) is 4.90 Å². The van der Waals surface area contributed by atoms with Gasteiger partial charge in [-0.05, 0) is 12.5 Å². The molecule has 0 radical (unpaired) electrons. The molecule has 1 aliphatic rings. The zero-order chi connectivity index (χ0) is 17.0. The molecular formula is C16H19F3N2O2.